The summed E-state index contributed by atoms with van der Waals surface area (Å²) in [6.45, 7) is 4.93. The molecule has 0 saturated carbocycles. The molecule has 0 fully saturated rings. The summed E-state index contributed by atoms with van der Waals surface area (Å²) in [6, 6.07) is 9.87. The molecule has 0 heterocycles. The highest BCUT2D eigenvalue weighted by molar-refractivity contribution is 5.92. The number of amides is 1. The molecule has 0 unspecified atom stereocenters. The number of nitrogens with one attached hydrogen (secondary N) is 1. The molecule has 0 aliphatic heterocycles. The Bertz CT molecular complexity index is 691. The van der Waals surface area contributed by atoms with Crippen LogP contribution < -0.4 is 10.1 Å². The lowest BCUT2D eigenvalue weighted by Gasteiger charge is -2.18. The van der Waals surface area contributed by atoms with Gasteiger partial charge in [0.2, 0.25) is 5.91 Å². The summed E-state index contributed by atoms with van der Waals surface area (Å²) >= 11 is 0. The van der Waals surface area contributed by atoms with Crippen molar-refractivity contribution >= 4 is 11.6 Å². The smallest absolute Gasteiger partial charge is 0.238 e. The number of aryl methyl sites for hydroxylation is 2. The van der Waals surface area contributed by atoms with Gasteiger partial charge in [0.15, 0.2) is 0 Å². The molecule has 128 valence electrons. The molecule has 2 aromatic carbocycles. The Morgan fingerprint density at radius 3 is 2.29 bits per heavy atom. The van der Waals surface area contributed by atoms with Crippen molar-refractivity contribution in [1.29, 1.82) is 0 Å². The molecule has 1 amide bonds. The van der Waals surface area contributed by atoms with Gasteiger partial charge in [-0.3, -0.25) is 9.69 Å². The molecule has 0 spiro atoms. The number of benzene rings is 2. The van der Waals surface area contributed by atoms with Crippen LogP contribution in [-0.2, 0) is 11.3 Å². The molecule has 24 heavy (non-hydrogen) atoms. The van der Waals surface area contributed by atoms with Crippen LogP contribution in [0.5, 0.6) is 5.75 Å². The maximum atomic E-state index is 12.9. The van der Waals surface area contributed by atoms with E-state index in [1.165, 1.54) is 12.1 Å². The molecule has 0 radical (unpaired) electrons. The van der Waals surface area contributed by atoms with Crippen molar-refractivity contribution in [3.8, 4) is 5.75 Å². The van der Waals surface area contributed by atoms with Crippen LogP contribution in [0.3, 0.4) is 0 Å². The van der Waals surface area contributed by atoms with Gasteiger partial charge in [0.05, 0.1) is 13.7 Å². The van der Waals surface area contributed by atoms with Gasteiger partial charge in [-0.15, -0.1) is 0 Å². The van der Waals surface area contributed by atoms with E-state index < -0.39 is 0 Å². The first-order valence-electron chi connectivity index (χ1n) is 7.77. The monoisotopic (exact) mass is 330 g/mol. The van der Waals surface area contributed by atoms with E-state index in [1.807, 2.05) is 25.8 Å². The van der Waals surface area contributed by atoms with Gasteiger partial charge in [0.1, 0.15) is 11.6 Å². The Morgan fingerprint density at radius 2 is 1.75 bits per heavy atom. The first-order chi connectivity index (χ1) is 11.4. The molecule has 0 aromatic heterocycles. The van der Waals surface area contributed by atoms with E-state index in [1.54, 1.807) is 19.2 Å². The predicted octanol–water partition coefficient (Wildman–Crippen LogP) is 3.52. The normalized spacial score (nSPS) is 10.8. The molecule has 0 saturated heterocycles. The molecule has 5 heteroatoms. The van der Waals surface area contributed by atoms with E-state index in [2.05, 4.69) is 17.4 Å². The second-order valence-corrected chi connectivity index (χ2v) is 5.99. The van der Waals surface area contributed by atoms with Crippen molar-refractivity contribution in [3.63, 3.8) is 0 Å². The van der Waals surface area contributed by atoms with Crippen LogP contribution in [0.1, 0.15) is 16.7 Å². The molecule has 0 aliphatic rings. The number of hydrogen-bond acceptors (Lipinski definition) is 3. The number of carbonyl (C=O) groups is 1. The fourth-order valence-electron chi connectivity index (χ4n) is 2.80. The maximum Gasteiger partial charge on any atom is 0.238 e. The first-order valence-corrected chi connectivity index (χ1v) is 7.77. The van der Waals surface area contributed by atoms with Crippen molar-refractivity contribution in [2.24, 2.45) is 0 Å². The van der Waals surface area contributed by atoms with Crippen LogP contribution in [0, 0.1) is 19.7 Å². The second-order valence-electron chi connectivity index (χ2n) is 5.99. The van der Waals surface area contributed by atoms with Gasteiger partial charge in [0.25, 0.3) is 0 Å². The Kier molecular flexibility index (Phi) is 5.93. The van der Waals surface area contributed by atoms with E-state index in [0.717, 1.165) is 22.4 Å². The Hall–Kier alpha value is -2.40. The van der Waals surface area contributed by atoms with Gasteiger partial charge in [-0.05, 0) is 61.9 Å². The van der Waals surface area contributed by atoms with E-state index >= 15 is 0 Å². The van der Waals surface area contributed by atoms with Crippen molar-refractivity contribution in [3.05, 3.63) is 58.9 Å². The van der Waals surface area contributed by atoms with Crippen LogP contribution in [0.4, 0.5) is 10.1 Å². The SMILES string of the molecule is COc1c(C)cc(CN(C)CC(=O)Nc2ccc(F)cc2)cc1C. The molecule has 0 aliphatic carbocycles. The van der Waals surface area contributed by atoms with Gasteiger partial charge < -0.3 is 10.1 Å². The highest BCUT2D eigenvalue weighted by atomic mass is 19.1. The lowest BCUT2D eigenvalue weighted by molar-refractivity contribution is -0.117. The molecule has 2 aromatic rings. The first kappa shape index (κ1) is 17.9. The van der Waals surface area contributed by atoms with Crippen molar-refractivity contribution in [2.45, 2.75) is 20.4 Å². The molecular weight excluding hydrogens is 307 g/mol. The molecule has 0 bridgehead atoms. The molecule has 2 rings (SSSR count). The molecule has 4 nitrogen and oxygen atoms in total. The lowest BCUT2D eigenvalue weighted by Crippen LogP contribution is -2.29. The second kappa shape index (κ2) is 7.93. The number of hydrogen-bond donors (Lipinski definition) is 1. The van der Waals surface area contributed by atoms with E-state index in [-0.39, 0.29) is 18.3 Å². The minimum atomic E-state index is -0.324. The van der Waals surface area contributed by atoms with Crippen molar-refractivity contribution in [2.75, 3.05) is 26.0 Å². The standard InChI is InChI=1S/C19H23FN2O2/c1-13-9-15(10-14(2)19(13)24-4)11-22(3)12-18(23)21-17-7-5-16(20)6-8-17/h5-10H,11-12H2,1-4H3,(H,21,23). The van der Waals surface area contributed by atoms with E-state index in [4.69, 9.17) is 4.74 Å². The van der Waals surface area contributed by atoms with Crippen LogP contribution >= 0.6 is 0 Å². The summed E-state index contributed by atoms with van der Waals surface area (Å²) in [5.41, 5.74) is 3.88. The summed E-state index contributed by atoms with van der Waals surface area (Å²) < 4.78 is 18.2. The zero-order chi connectivity index (χ0) is 17.7. The molecular formula is C19H23FN2O2. The number of nitrogens with zero attached hydrogens (tertiary/aromatic N) is 1. The summed E-state index contributed by atoms with van der Waals surface area (Å²) in [6.07, 6.45) is 0. The average Bonchev–Trinajstić information content (AvgIpc) is 2.49. The van der Waals surface area contributed by atoms with Crippen molar-refractivity contribution in [1.82, 2.24) is 4.90 Å². The van der Waals surface area contributed by atoms with Gasteiger partial charge in [-0.1, -0.05) is 12.1 Å². The average molecular weight is 330 g/mol. The number of likely N-dealkylation sites (N-methyl/N-ethyl adjacent to an activating group) is 1. The highest BCUT2D eigenvalue weighted by Gasteiger charge is 2.10. The number of carbonyl (C=O) groups excluding carboxylic acids is 1. The van der Waals surface area contributed by atoms with Crippen LogP contribution in [-0.4, -0.2) is 31.5 Å². The third-order valence-electron chi connectivity index (χ3n) is 3.72. The lowest BCUT2D eigenvalue weighted by atomic mass is 10.1. The minimum absolute atomic E-state index is 0.133. The van der Waals surface area contributed by atoms with Crippen LogP contribution in [0.2, 0.25) is 0 Å². The summed E-state index contributed by atoms with van der Waals surface area (Å²) in [5.74, 6) is 0.442. The Balaban J connectivity index is 1.94. The zero-order valence-electron chi connectivity index (χ0n) is 14.5. The number of anilines is 1. The summed E-state index contributed by atoms with van der Waals surface area (Å²) in [5, 5.41) is 2.76. The number of methoxy groups -OCH3 is 1. The largest absolute Gasteiger partial charge is 0.496 e. The summed E-state index contributed by atoms with van der Waals surface area (Å²) in [4.78, 5) is 14.0. The Labute approximate surface area is 142 Å². The van der Waals surface area contributed by atoms with Crippen molar-refractivity contribution < 1.29 is 13.9 Å². The predicted molar refractivity (Wildman–Crippen MR) is 93.8 cm³/mol. The number of ether oxygens (including phenoxy) is 1. The number of rotatable bonds is 6. The molecule has 1 N–H and O–H groups in total. The third-order valence-corrected chi connectivity index (χ3v) is 3.72. The van der Waals surface area contributed by atoms with Gasteiger partial charge in [-0.25, -0.2) is 4.39 Å². The van der Waals surface area contributed by atoms with E-state index in [9.17, 15) is 9.18 Å². The topological polar surface area (TPSA) is 41.6 Å². The summed E-state index contributed by atoms with van der Waals surface area (Å²) in [7, 11) is 3.56. The van der Waals surface area contributed by atoms with Gasteiger partial charge in [-0.2, -0.15) is 0 Å². The maximum absolute atomic E-state index is 12.9. The third kappa shape index (κ3) is 4.80. The zero-order valence-corrected chi connectivity index (χ0v) is 14.5. The Morgan fingerprint density at radius 1 is 1.17 bits per heavy atom. The number of halogens is 1. The highest BCUT2D eigenvalue weighted by Crippen LogP contribution is 2.24. The van der Waals surface area contributed by atoms with Gasteiger partial charge >= 0.3 is 0 Å². The molecule has 0 atom stereocenters. The fraction of sp³-hybridized carbons (Fsp3) is 0.316. The fourth-order valence-corrected chi connectivity index (χ4v) is 2.80. The minimum Gasteiger partial charge on any atom is -0.496 e. The van der Waals surface area contributed by atoms with Gasteiger partial charge in [0, 0.05) is 12.2 Å². The van der Waals surface area contributed by atoms with E-state index in [0.29, 0.717) is 12.2 Å². The van der Waals surface area contributed by atoms with Crippen LogP contribution in [0.25, 0.3) is 0 Å². The van der Waals surface area contributed by atoms with Crippen LogP contribution in [0.15, 0.2) is 36.4 Å². The quantitative estimate of drug-likeness (QED) is 0.881.